The summed E-state index contributed by atoms with van der Waals surface area (Å²) in [6.07, 6.45) is 0.360. The summed E-state index contributed by atoms with van der Waals surface area (Å²) in [6.45, 7) is 1.17. The van der Waals surface area contributed by atoms with Crippen molar-refractivity contribution >= 4 is 24.0 Å². The van der Waals surface area contributed by atoms with Crippen LogP contribution in [0.15, 0.2) is 42.5 Å². The van der Waals surface area contributed by atoms with Gasteiger partial charge in [-0.15, -0.1) is 12.4 Å². The van der Waals surface area contributed by atoms with E-state index in [1.54, 1.807) is 24.1 Å². The van der Waals surface area contributed by atoms with Gasteiger partial charge < -0.3 is 19.7 Å². The van der Waals surface area contributed by atoms with E-state index in [1.165, 1.54) is 12.1 Å². The lowest BCUT2D eigenvalue weighted by Crippen LogP contribution is -2.32. The average Bonchev–Trinajstić information content (AvgIpc) is 3.06. The van der Waals surface area contributed by atoms with E-state index in [0.717, 1.165) is 5.56 Å². The Balaban J connectivity index is 0.00000225. The maximum absolute atomic E-state index is 13.2. The third kappa shape index (κ3) is 4.61. The molecule has 0 spiro atoms. The van der Waals surface area contributed by atoms with E-state index in [2.05, 4.69) is 5.32 Å². The molecule has 1 aliphatic rings. The normalized spacial score (nSPS) is 11.8. The molecule has 2 aromatic carbocycles. The zero-order valence-electron chi connectivity index (χ0n) is 13.8. The van der Waals surface area contributed by atoms with E-state index in [4.69, 9.17) is 9.47 Å². The molecule has 0 saturated heterocycles. The second-order valence-corrected chi connectivity index (χ2v) is 5.50. The van der Waals surface area contributed by atoms with Crippen LogP contribution in [0, 0.1) is 5.82 Å². The lowest BCUT2D eigenvalue weighted by molar-refractivity contribution is -0.118. The second kappa shape index (κ2) is 8.69. The zero-order chi connectivity index (χ0) is 16.9. The van der Waals surface area contributed by atoms with Crippen molar-refractivity contribution in [2.24, 2.45) is 0 Å². The Bertz CT molecular complexity index is 725. The number of benzene rings is 2. The van der Waals surface area contributed by atoms with Gasteiger partial charge in [0.05, 0.1) is 6.54 Å². The standard InChI is InChI=1S/C18H19FN2O3.ClH/c1-20-9-8-18(22)21(15-5-3-14(19)4-6-15)11-13-2-7-16-17(10-13)24-12-23-16;/h2-7,10,20H,8-9,11-12H2,1H3;1H. The van der Waals surface area contributed by atoms with Crippen LogP contribution in [0.25, 0.3) is 0 Å². The van der Waals surface area contributed by atoms with Gasteiger partial charge in [0.15, 0.2) is 11.5 Å². The van der Waals surface area contributed by atoms with Crippen molar-refractivity contribution in [1.82, 2.24) is 5.32 Å². The van der Waals surface area contributed by atoms with Crippen LogP contribution in [0.3, 0.4) is 0 Å². The average molecular weight is 367 g/mol. The number of nitrogens with zero attached hydrogens (tertiary/aromatic N) is 1. The number of nitrogens with one attached hydrogen (secondary N) is 1. The molecule has 0 aromatic heterocycles. The van der Waals surface area contributed by atoms with Crippen molar-refractivity contribution < 1.29 is 18.7 Å². The smallest absolute Gasteiger partial charge is 0.231 e. The Morgan fingerprint density at radius 1 is 1.16 bits per heavy atom. The number of fused-ring (bicyclic) bond motifs is 1. The first-order chi connectivity index (χ1) is 11.7. The summed E-state index contributed by atoms with van der Waals surface area (Å²) in [4.78, 5) is 14.2. The Morgan fingerprint density at radius 2 is 1.88 bits per heavy atom. The van der Waals surface area contributed by atoms with Gasteiger partial charge in [0, 0.05) is 18.7 Å². The molecule has 1 amide bonds. The molecule has 25 heavy (non-hydrogen) atoms. The first-order valence-corrected chi connectivity index (χ1v) is 7.76. The van der Waals surface area contributed by atoms with Crippen molar-refractivity contribution in [2.45, 2.75) is 13.0 Å². The van der Waals surface area contributed by atoms with Crippen LogP contribution in [0.5, 0.6) is 11.5 Å². The summed E-state index contributed by atoms with van der Waals surface area (Å²) in [7, 11) is 1.80. The van der Waals surface area contributed by atoms with Gasteiger partial charge in [-0.3, -0.25) is 4.79 Å². The quantitative estimate of drug-likeness (QED) is 0.853. The first-order valence-electron chi connectivity index (χ1n) is 7.76. The summed E-state index contributed by atoms with van der Waals surface area (Å²) in [5.41, 5.74) is 1.58. The number of rotatable bonds is 6. The molecule has 1 N–H and O–H groups in total. The van der Waals surface area contributed by atoms with Crippen LogP contribution in [0.1, 0.15) is 12.0 Å². The Labute approximate surface area is 152 Å². The lowest BCUT2D eigenvalue weighted by atomic mass is 10.1. The predicted octanol–water partition coefficient (Wildman–Crippen LogP) is 3.12. The maximum Gasteiger partial charge on any atom is 0.231 e. The molecular weight excluding hydrogens is 347 g/mol. The van der Waals surface area contributed by atoms with E-state index in [1.807, 2.05) is 18.2 Å². The lowest BCUT2D eigenvalue weighted by Gasteiger charge is -2.23. The van der Waals surface area contributed by atoms with E-state index in [0.29, 0.717) is 36.7 Å². The van der Waals surface area contributed by atoms with Crippen LogP contribution in [0.2, 0.25) is 0 Å². The minimum atomic E-state index is -0.329. The number of amides is 1. The van der Waals surface area contributed by atoms with Crippen LogP contribution in [-0.2, 0) is 11.3 Å². The van der Waals surface area contributed by atoms with Crippen LogP contribution >= 0.6 is 12.4 Å². The Kier molecular flexibility index (Phi) is 6.61. The number of anilines is 1. The molecule has 134 valence electrons. The molecule has 0 fully saturated rings. The van der Waals surface area contributed by atoms with Gasteiger partial charge in [0.25, 0.3) is 0 Å². The molecule has 1 aliphatic heterocycles. The van der Waals surface area contributed by atoms with Gasteiger partial charge in [-0.05, 0) is 49.0 Å². The fourth-order valence-corrected chi connectivity index (χ4v) is 2.53. The highest BCUT2D eigenvalue weighted by Crippen LogP contribution is 2.33. The summed E-state index contributed by atoms with van der Waals surface area (Å²) in [5, 5.41) is 2.97. The molecule has 0 unspecified atom stereocenters. The molecule has 0 atom stereocenters. The number of hydrogen-bond donors (Lipinski definition) is 1. The minimum Gasteiger partial charge on any atom is -0.454 e. The number of ether oxygens (including phenoxy) is 2. The van der Waals surface area contributed by atoms with Crippen molar-refractivity contribution in [3.63, 3.8) is 0 Å². The SMILES string of the molecule is CNCCC(=O)N(Cc1ccc2c(c1)OCO2)c1ccc(F)cc1.Cl. The third-order valence-electron chi connectivity index (χ3n) is 3.81. The van der Waals surface area contributed by atoms with Crippen molar-refractivity contribution in [1.29, 1.82) is 0 Å². The molecular formula is C18H20ClFN2O3. The number of halogens is 2. The van der Waals surface area contributed by atoms with Crippen LogP contribution in [0.4, 0.5) is 10.1 Å². The zero-order valence-corrected chi connectivity index (χ0v) is 14.6. The minimum absolute atomic E-state index is 0. The highest BCUT2D eigenvalue weighted by molar-refractivity contribution is 5.93. The second-order valence-electron chi connectivity index (χ2n) is 5.50. The molecule has 5 nitrogen and oxygen atoms in total. The van der Waals surface area contributed by atoms with Gasteiger partial charge in [-0.25, -0.2) is 4.39 Å². The first kappa shape index (κ1) is 19.0. The van der Waals surface area contributed by atoms with Crippen molar-refractivity contribution in [2.75, 3.05) is 25.3 Å². The Morgan fingerprint density at radius 3 is 2.60 bits per heavy atom. The fourth-order valence-electron chi connectivity index (χ4n) is 2.53. The van der Waals surface area contributed by atoms with Crippen LogP contribution in [-0.4, -0.2) is 26.3 Å². The monoisotopic (exact) mass is 366 g/mol. The highest BCUT2D eigenvalue weighted by Gasteiger charge is 2.18. The van der Waals surface area contributed by atoms with Gasteiger partial charge >= 0.3 is 0 Å². The molecule has 2 aromatic rings. The van der Waals surface area contributed by atoms with E-state index in [9.17, 15) is 9.18 Å². The third-order valence-corrected chi connectivity index (χ3v) is 3.81. The number of hydrogen-bond acceptors (Lipinski definition) is 4. The predicted molar refractivity (Wildman–Crippen MR) is 95.9 cm³/mol. The molecule has 0 bridgehead atoms. The van der Waals surface area contributed by atoms with Gasteiger partial charge in [0.1, 0.15) is 5.82 Å². The van der Waals surface area contributed by atoms with E-state index >= 15 is 0 Å². The molecule has 3 rings (SSSR count). The number of carbonyl (C=O) groups excluding carboxylic acids is 1. The molecule has 1 heterocycles. The molecule has 0 radical (unpaired) electrons. The van der Waals surface area contributed by atoms with Gasteiger partial charge in [-0.2, -0.15) is 0 Å². The summed E-state index contributed by atoms with van der Waals surface area (Å²) in [6, 6.07) is 11.5. The topological polar surface area (TPSA) is 50.8 Å². The molecule has 7 heteroatoms. The molecule has 0 saturated carbocycles. The highest BCUT2D eigenvalue weighted by atomic mass is 35.5. The fraction of sp³-hybridized carbons (Fsp3) is 0.278. The van der Waals surface area contributed by atoms with Gasteiger partial charge in [0.2, 0.25) is 12.7 Å². The number of carbonyl (C=O) groups is 1. The Hall–Kier alpha value is -2.31. The maximum atomic E-state index is 13.2. The summed E-state index contributed by atoms with van der Waals surface area (Å²) in [5.74, 6) is 1.01. The molecule has 0 aliphatic carbocycles. The van der Waals surface area contributed by atoms with E-state index < -0.39 is 0 Å². The van der Waals surface area contributed by atoms with Crippen molar-refractivity contribution in [3.8, 4) is 11.5 Å². The van der Waals surface area contributed by atoms with Gasteiger partial charge in [-0.1, -0.05) is 6.07 Å². The van der Waals surface area contributed by atoms with E-state index in [-0.39, 0.29) is 30.9 Å². The largest absolute Gasteiger partial charge is 0.454 e. The summed E-state index contributed by atoms with van der Waals surface area (Å²) >= 11 is 0. The summed E-state index contributed by atoms with van der Waals surface area (Å²) < 4.78 is 23.9. The van der Waals surface area contributed by atoms with Crippen molar-refractivity contribution in [3.05, 3.63) is 53.8 Å². The van der Waals surface area contributed by atoms with Crippen LogP contribution < -0.4 is 19.7 Å².